The van der Waals surface area contributed by atoms with Gasteiger partial charge in [0.1, 0.15) is 4.83 Å². The van der Waals surface area contributed by atoms with Crippen molar-refractivity contribution in [3.05, 3.63) is 29.8 Å². The topological polar surface area (TPSA) is 63.3 Å². The van der Waals surface area contributed by atoms with Crippen molar-refractivity contribution in [3.8, 4) is 0 Å². The lowest BCUT2D eigenvalue weighted by Gasteiger charge is -2.13. The number of carboxylic acids is 1. The predicted octanol–water partition coefficient (Wildman–Crippen LogP) is 2.55. The van der Waals surface area contributed by atoms with Crippen LogP contribution in [0.3, 0.4) is 0 Å². The van der Waals surface area contributed by atoms with Crippen LogP contribution >= 0.6 is 31.9 Å². The molecule has 1 aromatic carbocycles. The molecule has 0 aliphatic heterocycles. The van der Waals surface area contributed by atoms with E-state index in [0.29, 0.717) is 5.69 Å². The Morgan fingerprint density at radius 2 is 2.07 bits per heavy atom. The molecular weight excluding hydrogens is 314 g/mol. The van der Waals surface area contributed by atoms with Crippen molar-refractivity contribution in [2.24, 2.45) is 0 Å². The molecule has 1 rings (SSSR count). The van der Waals surface area contributed by atoms with Gasteiger partial charge in [-0.25, -0.2) is 0 Å². The Labute approximate surface area is 98.6 Å². The summed E-state index contributed by atoms with van der Waals surface area (Å²) in [6.45, 7) is 0. The second-order valence-electron chi connectivity index (χ2n) is 2.81. The highest BCUT2D eigenvalue weighted by atomic mass is 79.9. The second-order valence-corrected chi connectivity index (χ2v) is 4.78. The van der Waals surface area contributed by atoms with Gasteiger partial charge < -0.3 is 10.8 Å². The summed E-state index contributed by atoms with van der Waals surface area (Å²) in [6, 6.07) is 7.12. The van der Waals surface area contributed by atoms with E-state index in [2.05, 4.69) is 31.9 Å². The average molecular weight is 323 g/mol. The number of nitrogens with two attached hydrogens (primary N) is 1. The van der Waals surface area contributed by atoms with Gasteiger partial charge in [0, 0.05) is 5.69 Å². The van der Waals surface area contributed by atoms with Crippen LogP contribution in [0.25, 0.3) is 0 Å². The zero-order valence-electron chi connectivity index (χ0n) is 7.15. The van der Waals surface area contributed by atoms with Crippen LogP contribution in [-0.2, 0) is 4.79 Å². The summed E-state index contributed by atoms with van der Waals surface area (Å²) in [6.07, 6.45) is 0. The lowest BCUT2D eigenvalue weighted by Crippen LogP contribution is -2.17. The third kappa shape index (κ3) is 2.72. The maximum atomic E-state index is 10.7. The maximum Gasteiger partial charge on any atom is 0.318 e. The van der Waals surface area contributed by atoms with E-state index in [1.54, 1.807) is 18.2 Å². The van der Waals surface area contributed by atoms with E-state index in [0.717, 1.165) is 5.56 Å². The van der Waals surface area contributed by atoms with E-state index >= 15 is 0 Å². The summed E-state index contributed by atoms with van der Waals surface area (Å²) in [4.78, 5) is 9.74. The molecule has 0 fully saturated rings. The zero-order chi connectivity index (χ0) is 10.7. The summed E-state index contributed by atoms with van der Waals surface area (Å²) < 4.78 is 0. The highest BCUT2D eigenvalue weighted by molar-refractivity contribution is 9.12. The van der Waals surface area contributed by atoms with Crippen molar-refractivity contribution in [1.82, 2.24) is 0 Å². The van der Waals surface area contributed by atoms with Crippen LogP contribution in [0.2, 0.25) is 0 Å². The predicted molar refractivity (Wildman–Crippen MR) is 62.9 cm³/mol. The summed E-state index contributed by atoms with van der Waals surface area (Å²) >= 11 is 6.38. The molecule has 1 aromatic rings. The molecule has 3 N–H and O–H groups in total. The largest absolute Gasteiger partial charge is 0.480 e. The molecule has 0 saturated heterocycles. The summed E-state index contributed by atoms with van der Waals surface area (Å²) in [5.74, 6) is -0.908. The molecule has 0 radical (unpaired) electrons. The van der Waals surface area contributed by atoms with Crippen LogP contribution in [0, 0.1) is 0 Å². The number of rotatable bonds is 3. The third-order valence-corrected chi connectivity index (χ3v) is 4.41. The van der Waals surface area contributed by atoms with Gasteiger partial charge in [0.15, 0.2) is 0 Å². The van der Waals surface area contributed by atoms with Crippen molar-refractivity contribution < 1.29 is 9.90 Å². The SMILES string of the molecule is Nc1cccc([C@@H](Br)[C@@H](Br)C(=O)O)c1. The van der Waals surface area contributed by atoms with E-state index in [4.69, 9.17) is 10.8 Å². The fourth-order valence-electron chi connectivity index (χ4n) is 1.02. The maximum absolute atomic E-state index is 10.7. The Morgan fingerprint density at radius 1 is 1.43 bits per heavy atom. The monoisotopic (exact) mass is 321 g/mol. The number of aliphatic carboxylic acids is 1. The molecular formula is C9H9Br2NO2. The molecule has 0 aliphatic carbocycles. The first-order chi connectivity index (χ1) is 6.52. The van der Waals surface area contributed by atoms with Crippen molar-refractivity contribution in [2.45, 2.75) is 9.65 Å². The molecule has 5 heteroatoms. The number of carbonyl (C=O) groups is 1. The quantitative estimate of drug-likeness (QED) is 0.664. The molecule has 0 saturated carbocycles. The third-order valence-electron chi connectivity index (χ3n) is 1.72. The number of hydrogen-bond donors (Lipinski definition) is 2. The molecule has 2 atom stereocenters. The summed E-state index contributed by atoms with van der Waals surface area (Å²) in [5, 5.41) is 8.77. The zero-order valence-corrected chi connectivity index (χ0v) is 10.3. The first kappa shape index (κ1) is 11.5. The van der Waals surface area contributed by atoms with E-state index in [1.165, 1.54) is 0 Å². The fourth-order valence-corrected chi connectivity index (χ4v) is 1.84. The van der Waals surface area contributed by atoms with E-state index in [1.807, 2.05) is 6.07 Å². The smallest absolute Gasteiger partial charge is 0.318 e. The number of anilines is 1. The van der Waals surface area contributed by atoms with Crippen LogP contribution in [0.1, 0.15) is 10.4 Å². The Morgan fingerprint density at radius 3 is 2.57 bits per heavy atom. The average Bonchev–Trinajstić information content (AvgIpc) is 2.15. The van der Waals surface area contributed by atoms with Gasteiger partial charge in [-0.05, 0) is 17.7 Å². The molecule has 0 heterocycles. The number of alkyl halides is 2. The van der Waals surface area contributed by atoms with Gasteiger partial charge in [-0.15, -0.1) is 0 Å². The number of carboxylic acid groups (broad SMARTS) is 1. The van der Waals surface area contributed by atoms with Crippen LogP contribution in [0.4, 0.5) is 5.69 Å². The van der Waals surface area contributed by atoms with Crippen molar-refractivity contribution >= 4 is 43.5 Å². The van der Waals surface area contributed by atoms with Gasteiger partial charge in [0.25, 0.3) is 0 Å². The summed E-state index contributed by atoms with van der Waals surface area (Å²) in [7, 11) is 0. The van der Waals surface area contributed by atoms with E-state index in [-0.39, 0.29) is 4.83 Å². The first-order valence-electron chi connectivity index (χ1n) is 3.88. The van der Waals surface area contributed by atoms with Crippen LogP contribution in [0.15, 0.2) is 24.3 Å². The van der Waals surface area contributed by atoms with Gasteiger partial charge >= 0.3 is 5.97 Å². The molecule has 0 amide bonds. The highest BCUT2D eigenvalue weighted by Gasteiger charge is 2.24. The molecule has 14 heavy (non-hydrogen) atoms. The minimum atomic E-state index is -0.908. The Balaban J connectivity index is 2.89. The molecule has 76 valence electrons. The minimum absolute atomic E-state index is 0.288. The number of halogens is 2. The number of hydrogen-bond acceptors (Lipinski definition) is 2. The van der Waals surface area contributed by atoms with Crippen LogP contribution in [-0.4, -0.2) is 15.9 Å². The van der Waals surface area contributed by atoms with Crippen LogP contribution < -0.4 is 5.73 Å². The van der Waals surface area contributed by atoms with Crippen molar-refractivity contribution in [1.29, 1.82) is 0 Å². The molecule has 0 bridgehead atoms. The molecule has 0 aliphatic rings. The number of nitrogen functional groups attached to an aromatic ring is 1. The molecule has 3 nitrogen and oxygen atoms in total. The highest BCUT2D eigenvalue weighted by Crippen LogP contribution is 2.32. The van der Waals surface area contributed by atoms with E-state index in [9.17, 15) is 4.79 Å². The van der Waals surface area contributed by atoms with E-state index < -0.39 is 10.8 Å². The minimum Gasteiger partial charge on any atom is -0.480 e. The van der Waals surface area contributed by atoms with Crippen molar-refractivity contribution in [3.63, 3.8) is 0 Å². The summed E-state index contributed by atoms with van der Waals surface area (Å²) in [5.41, 5.74) is 7.05. The molecule has 0 unspecified atom stereocenters. The Hall–Kier alpha value is -0.550. The Kier molecular flexibility index (Phi) is 3.95. The van der Waals surface area contributed by atoms with Gasteiger partial charge in [0.05, 0.1) is 4.83 Å². The lowest BCUT2D eigenvalue weighted by molar-refractivity contribution is -0.136. The first-order valence-corrected chi connectivity index (χ1v) is 5.72. The number of benzene rings is 1. The van der Waals surface area contributed by atoms with Crippen LogP contribution in [0.5, 0.6) is 0 Å². The standard InChI is InChI=1S/C9H9Br2NO2/c10-7(8(11)9(13)14)5-2-1-3-6(12)4-5/h1-4,7-8H,12H2,(H,13,14)/t7-,8-/m1/s1. The second kappa shape index (κ2) is 4.79. The van der Waals surface area contributed by atoms with Gasteiger partial charge in [-0.3, -0.25) is 4.79 Å². The van der Waals surface area contributed by atoms with Gasteiger partial charge in [-0.2, -0.15) is 0 Å². The van der Waals surface area contributed by atoms with Gasteiger partial charge in [0.2, 0.25) is 0 Å². The molecule has 0 spiro atoms. The fraction of sp³-hybridized carbons (Fsp3) is 0.222. The lowest BCUT2D eigenvalue weighted by atomic mass is 10.1. The normalized spacial score (nSPS) is 14.7. The van der Waals surface area contributed by atoms with Gasteiger partial charge in [-0.1, -0.05) is 44.0 Å². The van der Waals surface area contributed by atoms with Crippen molar-refractivity contribution in [2.75, 3.05) is 5.73 Å². The Bertz CT molecular complexity index is 343. The molecule has 0 aromatic heterocycles.